The van der Waals surface area contributed by atoms with Gasteiger partial charge < -0.3 is 19.8 Å². The Morgan fingerprint density at radius 2 is 1.88 bits per heavy atom. The number of piperidine rings is 1. The number of nitrogens with zero attached hydrogens (tertiary/aromatic N) is 1. The molecule has 2 N–H and O–H groups in total. The average Bonchev–Trinajstić information content (AvgIpc) is 2.55. The van der Waals surface area contributed by atoms with Crippen molar-refractivity contribution in [2.24, 2.45) is 0 Å². The summed E-state index contributed by atoms with van der Waals surface area (Å²) in [5.74, 6) is -6.72. The number of aliphatic hydroxyl groups is 1. The quantitative estimate of drug-likeness (QED) is 0.848. The summed E-state index contributed by atoms with van der Waals surface area (Å²) >= 11 is 0. The zero-order valence-electron chi connectivity index (χ0n) is 13.2. The topological polar surface area (TPSA) is 87.1 Å². The first-order valence-electron chi connectivity index (χ1n) is 7.57. The SMILES string of the molecule is CCOc1ccccc1C(F)(F)C(=O)N1CCC(O)(C(=O)O)CC1. The van der Waals surface area contributed by atoms with Crippen molar-refractivity contribution in [2.75, 3.05) is 19.7 Å². The van der Waals surface area contributed by atoms with Crippen LogP contribution in [0.1, 0.15) is 25.3 Å². The molecule has 0 radical (unpaired) electrons. The molecule has 1 aliphatic heterocycles. The van der Waals surface area contributed by atoms with Gasteiger partial charge in [0.1, 0.15) is 5.75 Å². The number of amides is 1. The smallest absolute Gasteiger partial charge is 0.353 e. The number of benzene rings is 1. The van der Waals surface area contributed by atoms with Gasteiger partial charge in [-0.2, -0.15) is 8.78 Å². The van der Waals surface area contributed by atoms with E-state index in [4.69, 9.17) is 9.84 Å². The third-order valence-electron chi connectivity index (χ3n) is 4.07. The molecule has 0 aliphatic carbocycles. The third-order valence-corrected chi connectivity index (χ3v) is 4.07. The number of carbonyl (C=O) groups is 2. The molecule has 0 atom stereocenters. The number of carboxylic acid groups (broad SMARTS) is 1. The summed E-state index contributed by atoms with van der Waals surface area (Å²) < 4.78 is 34.4. The Morgan fingerprint density at radius 1 is 1.29 bits per heavy atom. The molecule has 132 valence electrons. The zero-order valence-corrected chi connectivity index (χ0v) is 13.2. The number of aliphatic carboxylic acids is 1. The van der Waals surface area contributed by atoms with Crippen LogP contribution in [0.25, 0.3) is 0 Å². The summed E-state index contributed by atoms with van der Waals surface area (Å²) in [7, 11) is 0. The van der Waals surface area contributed by atoms with Crippen LogP contribution in [0.15, 0.2) is 24.3 Å². The Kier molecular flexibility index (Phi) is 5.08. The summed E-state index contributed by atoms with van der Waals surface area (Å²) in [6, 6.07) is 5.40. The minimum absolute atomic E-state index is 0.0719. The van der Waals surface area contributed by atoms with Crippen LogP contribution in [0.2, 0.25) is 0 Å². The Bertz CT molecular complexity index is 627. The van der Waals surface area contributed by atoms with Gasteiger partial charge in [0.25, 0.3) is 5.91 Å². The molecular formula is C16H19F2NO5. The lowest BCUT2D eigenvalue weighted by Crippen LogP contribution is -2.53. The molecule has 1 aromatic rings. The van der Waals surface area contributed by atoms with Crippen LogP contribution in [0, 0.1) is 0 Å². The van der Waals surface area contributed by atoms with Crippen LogP contribution >= 0.6 is 0 Å². The highest BCUT2D eigenvalue weighted by Crippen LogP contribution is 2.37. The third kappa shape index (κ3) is 3.33. The van der Waals surface area contributed by atoms with Crippen molar-refractivity contribution >= 4 is 11.9 Å². The molecule has 2 rings (SSSR count). The maximum atomic E-state index is 14.6. The standard InChI is InChI=1S/C16H19F2NO5/c1-2-24-12-6-4-3-5-11(12)16(17,18)13(20)19-9-7-15(23,8-10-19)14(21)22/h3-6,23H,2,7-10H2,1H3,(H,21,22). The molecular weight excluding hydrogens is 324 g/mol. The fraction of sp³-hybridized carbons (Fsp3) is 0.500. The Balaban J connectivity index is 2.19. The molecule has 0 bridgehead atoms. The maximum Gasteiger partial charge on any atom is 0.353 e. The van der Waals surface area contributed by atoms with Crippen LogP contribution in [0.5, 0.6) is 5.75 Å². The van der Waals surface area contributed by atoms with Gasteiger partial charge in [-0.1, -0.05) is 12.1 Å². The van der Waals surface area contributed by atoms with E-state index in [1.54, 1.807) is 6.92 Å². The molecule has 1 amide bonds. The summed E-state index contributed by atoms with van der Waals surface area (Å²) in [5, 5.41) is 18.8. The monoisotopic (exact) mass is 343 g/mol. The van der Waals surface area contributed by atoms with Crippen molar-refractivity contribution < 1.29 is 33.3 Å². The molecule has 1 heterocycles. The lowest BCUT2D eigenvalue weighted by molar-refractivity contribution is -0.172. The second-order valence-corrected chi connectivity index (χ2v) is 5.63. The van der Waals surface area contributed by atoms with E-state index in [1.807, 2.05) is 0 Å². The molecule has 1 fully saturated rings. The van der Waals surface area contributed by atoms with Gasteiger partial charge >= 0.3 is 11.9 Å². The number of carbonyl (C=O) groups excluding carboxylic acids is 1. The highest BCUT2D eigenvalue weighted by Gasteiger charge is 2.49. The number of ether oxygens (including phenoxy) is 1. The minimum atomic E-state index is -3.80. The van der Waals surface area contributed by atoms with Crippen molar-refractivity contribution in [2.45, 2.75) is 31.3 Å². The van der Waals surface area contributed by atoms with E-state index in [-0.39, 0.29) is 38.3 Å². The van der Waals surface area contributed by atoms with Gasteiger partial charge in [0.2, 0.25) is 0 Å². The van der Waals surface area contributed by atoms with Gasteiger partial charge in [-0.25, -0.2) is 4.79 Å². The van der Waals surface area contributed by atoms with Crippen molar-refractivity contribution in [3.8, 4) is 5.75 Å². The normalized spacial score (nSPS) is 17.4. The zero-order chi connectivity index (χ0) is 18.0. The highest BCUT2D eigenvalue weighted by molar-refractivity contribution is 5.86. The number of carboxylic acids is 1. The van der Waals surface area contributed by atoms with E-state index in [0.717, 1.165) is 11.0 Å². The maximum absolute atomic E-state index is 14.6. The van der Waals surface area contributed by atoms with Crippen LogP contribution in [-0.2, 0) is 15.5 Å². The molecule has 1 aromatic carbocycles. The van der Waals surface area contributed by atoms with Crippen LogP contribution in [-0.4, -0.2) is 52.3 Å². The number of hydrogen-bond donors (Lipinski definition) is 2. The Labute approximate surface area is 137 Å². The second-order valence-electron chi connectivity index (χ2n) is 5.63. The van der Waals surface area contributed by atoms with Crippen LogP contribution < -0.4 is 4.74 Å². The predicted molar refractivity (Wildman–Crippen MR) is 79.9 cm³/mol. The van der Waals surface area contributed by atoms with E-state index in [0.29, 0.717) is 0 Å². The molecule has 1 saturated heterocycles. The van der Waals surface area contributed by atoms with Gasteiger partial charge in [0.05, 0.1) is 12.2 Å². The highest BCUT2D eigenvalue weighted by atomic mass is 19.3. The van der Waals surface area contributed by atoms with E-state index < -0.39 is 29.0 Å². The van der Waals surface area contributed by atoms with Crippen molar-refractivity contribution in [3.05, 3.63) is 29.8 Å². The number of halogens is 2. The summed E-state index contributed by atoms with van der Waals surface area (Å²) in [4.78, 5) is 24.1. The van der Waals surface area contributed by atoms with E-state index in [2.05, 4.69) is 0 Å². The van der Waals surface area contributed by atoms with Gasteiger partial charge in [-0.15, -0.1) is 0 Å². The minimum Gasteiger partial charge on any atom is -0.493 e. The van der Waals surface area contributed by atoms with Gasteiger partial charge in [0, 0.05) is 25.9 Å². The summed E-state index contributed by atoms with van der Waals surface area (Å²) in [5.41, 5.74) is -2.51. The number of rotatable bonds is 5. The van der Waals surface area contributed by atoms with E-state index in [1.165, 1.54) is 18.2 Å². The first-order chi connectivity index (χ1) is 11.2. The number of alkyl halides is 2. The number of hydrogen-bond acceptors (Lipinski definition) is 4. The second kappa shape index (κ2) is 6.72. The van der Waals surface area contributed by atoms with Crippen LogP contribution in [0.4, 0.5) is 8.78 Å². The predicted octanol–water partition coefficient (Wildman–Crippen LogP) is 1.62. The van der Waals surface area contributed by atoms with Gasteiger partial charge in [0.15, 0.2) is 5.60 Å². The fourth-order valence-corrected chi connectivity index (χ4v) is 2.61. The van der Waals surface area contributed by atoms with Crippen LogP contribution in [0.3, 0.4) is 0 Å². The molecule has 0 saturated carbocycles. The van der Waals surface area contributed by atoms with Crippen molar-refractivity contribution in [3.63, 3.8) is 0 Å². The average molecular weight is 343 g/mol. The van der Waals surface area contributed by atoms with E-state index >= 15 is 0 Å². The molecule has 24 heavy (non-hydrogen) atoms. The Hall–Kier alpha value is -2.22. The molecule has 0 aromatic heterocycles. The van der Waals surface area contributed by atoms with Gasteiger partial charge in [-0.3, -0.25) is 4.79 Å². The van der Waals surface area contributed by atoms with Crippen molar-refractivity contribution in [1.82, 2.24) is 4.90 Å². The fourth-order valence-electron chi connectivity index (χ4n) is 2.61. The number of para-hydroxylation sites is 1. The Morgan fingerprint density at radius 3 is 2.42 bits per heavy atom. The van der Waals surface area contributed by atoms with Gasteiger partial charge in [-0.05, 0) is 19.1 Å². The molecule has 8 heteroatoms. The number of likely N-dealkylation sites (tertiary alicyclic amines) is 1. The van der Waals surface area contributed by atoms with E-state index in [9.17, 15) is 23.5 Å². The van der Waals surface area contributed by atoms with Crippen molar-refractivity contribution in [1.29, 1.82) is 0 Å². The molecule has 0 unspecified atom stereocenters. The lowest BCUT2D eigenvalue weighted by Gasteiger charge is -2.36. The molecule has 0 spiro atoms. The first kappa shape index (κ1) is 18.1. The largest absolute Gasteiger partial charge is 0.493 e. The molecule has 6 nitrogen and oxygen atoms in total. The lowest BCUT2D eigenvalue weighted by atomic mass is 9.91. The summed E-state index contributed by atoms with van der Waals surface area (Å²) in [6.07, 6.45) is -0.589. The molecule has 1 aliphatic rings. The first-order valence-corrected chi connectivity index (χ1v) is 7.57. The summed E-state index contributed by atoms with van der Waals surface area (Å²) in [6.45, 7) is 1.31.